The Hall–Kier alpha value is -2.08. The zero-order valence-electron chi connectivity index (χ0n) is 11.1. The average Bonchev–Trinajstić information content (AvgIpc) is 2.94. The summed E-state index contributed by atoms with van der Waals surface area (Å²) in [4.78, 5) is 4.06. The number of hydrogen-bond acceptors (Lipinski definition) is 5. The van der Waals surface area contributed by atoms with Crippen molar-refractivity contribution < 1.29 is 9.47 Å². The van der Waals surface area contributed by atoms with Gasteiger partial charge in [0.05, 0.1) is 19.3 Å². The first-order chi connectivity index (χ1) is 9.26. The number of nitrogens with one attached hydrogen (secondary N) is 1. The second-order valence-electron chi connectivity index (χ2n) is 3.92. The van der Waals surface area contributed by atoms with Gasteiger partial charge < -0.3 is 15.2 Å². The van der Waals surface area contributed by atoms with Gasteiger partial charge in [0.1, 0.15) is 12.2 Å². The van der Waals surface area contributed by atoms with Gasteiger partial charge in [-0.1, -0.05) is 6.07 Å². The maximum Gasteiger partial charge on any atom is 0.161 e. The molecule has 19 heavy (non-hydrogen) atoms. The van der Waals surface area contributed by atoms with Gasteiger partial charge in [0, 0.05) is 0 Å². The van der Waals surface area contributed by atoms with Gasteiger partial charge in [-0.15, -0.1) is 0 Å². The first kappa shape index (κ1) is 13.4. The van der Waals surface area contributed by atoms with Gasteiger partial charge in [0.25, 0.3) is 0 Å². The fourth-order valence-corrected chi connectivity index (χ4v) is 1.78. The number of rotatable bonds is 6. The van der Waals surface area contributed by atoms with E-state index in [1.165, 1.54) is 6.33 Å². The van der Waals surface area contributed by atoms with Crippen molar-refractivity contribution in [3.05, 3.63) is 35.9 Å². The Morgan fingerprint density at radius 3 is 2.58 bits per heavy atom. The largest absolute Gasteiger partial charge is 0.490 e. The average molecular weight is 262 g/mol. The van der Waals surface area contributed by atoms with E-state index in [0.29, 0.717) is 24.8 Å². The molecule has 3 N–H and O–H groups in total. The van der Waals surface area contributed by atoms with Crippen LogP contribution in [0.2, 0.25) is 0 Å². The van der Waals surface area contributed by atoms with Crippen molar-refractivity contribution in [2.24, 2.45) is 5.73 Å². The first-order valence-electron chi connectivity index (χ1n) is 6.26. The fraction of sp³-hybridized carbons (Fsp3) is 0.385. The molecule has 0 saturated carbocycles. The molecule has 2 aromatic rings. The summed E-state index contributed by atoms with van der Waals surface area (Å²) in [6, 6.07) is 5.28. The Balaban J connectivity index is 2.29. The summed E-state index contributed by atoms with van der Waals surface area (Å²) in [5.74, 6) is 2.03. The number of nitrogens with two attached hydrogens (primary N) is 1. The van der Waals surface area contributed by atoms with E-state index in [1.54, 1.807) is 0 Å². The third-order valence-electron chi connectivity index (χ3n) is 2.65. The molecule has 0 amide bonds. The quantitative estimate of drug-likeness (QED) is 0.826. The van der Waals surface area contributed by atoms with Crippen LogP contribution in [0.5, 0.6) is 11.5 Å². The highest BCUT2D eigenvalue weighted by Gasteiger charge is 2.15. The number of aromatic amines is 1. The van der Waals surface area contributed by atoms with E-state index in [2.05, 4.69) is 15.2 Å². The Morgan fingerprint density at radius 2 is 1.95 bits per heavy atom. The van der Waals surface area contributed by atoms with Crippen molar-refractivity contribution in [1.29, 1.82) is 0 Å². The minimum Gasteiger partial charge on any atom is -0.490 e. The molecule has 0 radical (unpaired) electrons. The van der Waals surface area contributed by atoms with Gasteiger partial charge in [0.15, 0.2) is 11.5 Å². The van der Waals surface area contributed by atoms with Gasteiger partial charge >= 0.3 is 0 Å². The maximum absolute atomic E-state index is 6.12. The number of H-pyrrole nitrogens is 1. The van der Waals surface area contributed by atoms with Crippen LogP contribution in [0.1, 0.15) is 31.3 Å². The van der Waals surface area contributed by atoms with Crippen LogP contribution >= 0.6 is 0 Å². The molecule has 0 bridgehead atoms. The van der Waals surface area contributed by atoms with Gasteiger partial charge in [0.2, 0.25) is 0 Å². The summed E-state index contributed by atoms with van der Waals surface area (Å²) < 4.78 is 11.1. The molecule has 0 spiro atoms. The number of nitrogens with zero attached hydrogens (tertiary/aromatic N) is 2. The Kier molecular flexibility index (Phi) is 4.35. The van der Waals surface area contributed by atoms with Crippen molar-refractivity contribution >= 4 is 0 Å². The van der Waals surface area contributed by atoms with Crippen LogP contribution in [-0.4, -0.2) is 28.4 Å². The molecule has 0 unspecified atom stereocenters. The molecule has 0 saturated heterocycles. The van der Waals surface area contributed by atoms with Crippen molar-refractivity contribution in [2.45, 2.75) is 19.9 Å². The Labute approximate surface area is 111 Å². The van der Waals surface area contributed by atoms with Gasteiger partial charge in [-0.3, -0.25) is 5.10 Å². The maximum atomic E-state index is 6.12. The predicted octanol–water partition coefficient (Wildman–Crippen LogP) is 1.65. The third-order valence-corrected chi connectivity index (χ3v) is 2.65. The second-order valence-corrected chi connectivity index (χ2v) is 3.92. The van der Waals surface area contributed by atoms with Gasteiger partial charge in [-0.2, -0.15) is 5.10 Å². The van der Waals surface area contributed by atoms with Crippen LogP contribution in [0.4, 0.5) is 0 Å². The minimum atomic E-state index is -0.364. The topological polar surface area (TPSA) is 86.0 Å². The summed E-state index contributed by atoms with van der Waals surface area (Å²) in [6.45, 7) is 5.03. The van der Waals surface area contributed by atoms with Crippen molar-refractivity contribution in [1.82, 2.24) is 15.2 Å². The Morgan fingerprint density at radius 1 is 1.21 bits per heavy atom. The summed E-state index contributed by atoms with van der Waals surface area (Å²) >= 11 is 0. The fourth-order valence-electron chi connectivity index (χ4n) is 1.78. The standard InChI is InChI=1S/C13H18N4O2/c1-3-18-10-6-5-9(7-11(10)19-4-2)12(14)13-15-8-16-17-13/h5-8,12H,3-4,14H2,1-2H3,(H,15,16,17)/t12-/m1/s1. The number of ether oxygens (including phenoxy) is 2. The minimum absolute atomic E-state index is 0.364. The molecular formula is C13H18N4O2. The molecule has 0 aliphatic rings. The van der Waals surface area contributed by atoms with E-state index < -0.39 is 0 Å². The molecule has 1 atom stereocenters. The lowest BCUT2D eigenvalue weighted by Gasteiger charge is -2.14. The third kappa shape index (κ3) is 3.03. The van der Waals surface area contributed by atoms with Gasteiger partial charge in [-0.05, 0) is 31.5 Å². The Bertz CT molecular complexity index is 513. The molecular weight excluding hydrogens is 244 g/mol. The van der Waals surface area contributed by atoms with Crippen molar-refractivity contribution in [3.8, 4) is 11.5 Å². The molecule has 0 aliphatic carbocycles. The molecule has 102 valence electrons. The lowest BCUT2D eigenvalue weighted by Crippen LogP contribution is -2.14. The van der Waals surface area contributed by atoms with Crippen LogP contribution in [0.3, 0.4) is 0 Å². The van der Waals surface area contributed by atoms with Crippen LogP contribution in [0, 0.1) is 0 Å². The van der Waals surface area contributed by atoms with Crippen LogP contribution in [-0.2, 0) is 0 Å². The van der Waals surface area contributed by atoms with E-state index in [1.807, 2.05) is 32.0 Å². The smallest absolute Gasteiger partial charge is 0.161 e. The number of aromatic nitrogens is 3. The van der Waals surface area contributed by atoms with Crippen molar-refractivity contribution in [2.75, 3.05) is 13.2 Å². The van der Waals surface area contributed by atoms with Crippen LogP contribution in [0.25, 0.3) is 0 Å². The van der Waals surface area contributed by atoms with E-state index in [9.17, 15) is 0 Å². The zero-order chi connectivity index (χ0) is 13.7. The molecule has 1 heterocycles. The normalized spacial score (nSPS) is 12.2. The molecule has 2 rings (SSSR count). The molecule has 0 fully saturated rings. The van der Waals surface area contributed by atoms with Crippen LogP contribution in [0.15, 0.2) is 24.5 Å². The van der Waals surface area contributed by atoms with E-state index in [4.69, 9.17) is 15.2 Å². The molecule has 1 aromatic carbocycles. The zero-order valence-corrected chi connectivity index (χ0v) is 11.1. The summed E-state index contributed by atoms with van der Waals surface area (Å²) in [5.41, 5.74) is 7.01. The first-order valence-corrected chi connectivity index (χ1v) is 6.26. The number of hydrogen-bond donors (Lipinski definition) is 2. The molecule has 6 heteroatoms. The lowest BCUT2D eigenvalue weighted by atomic mass is 10.1. The number of benzene rings is 1. The van der Waals surface area contributed by atoms with Gasteiger partial charge in [-0.25, -0.2) is 4.98 Å². The monoisotopic (exact) mass is 262 g/mol. The SMILES string of the molecule is CCOc1ccc([C@@H](N)c2ncn[nH]2)cc1OCC. The van der Waals surface area contributed by atoms with E-state index in [0.717, 1.165) is 11.3 Å². The molecule has 0 aliphatic heterocycles. The van der Waals surface area contributed by atoms with Crippen molar-refractivity contribution in [3.63, 3.8) is 0 Å². The molecule has 6 nitrogen and oxygen atoms in total. The van der Waals surface area contributed by atoms with Crippen LogP contribution < -0.4 is 15.2 Å². The second kappa shape index (κ2) is 6.19. The highest BCUT2D eigenvalue weighted by atomic mass is 16.5. The predicted molar refractivity (Wildman–Crippen MR) is 71.2 cm³/mol. The molecule has 1 aromatic heterocycles. The van der Waals surface area contributed by atoms with E-state index in [-0.39, 0.29) is 6.04 Å². The summed E-state index contributed by atoms with van der Waals surface area (Å²) in [5, 5.41) is 6.57. The highest BCUT2D eigenvalue weighted by Crippen LogP contribution is 2.31. The van der Waals surface area contributed by atoms with E-state index >= 15 is 0 Å². The summed E-state index contributed by atoms with van der Waals surface area (Å²) in [7, 11) is 0. The lowest BCUT2D eigenvalue weighted by molar-refractivity contribution is 0.287. The highest BCUT2D eigenvalue weighted by molar-refractivity contribution is 5.44. The summed E-state index contributed by atoms with van der Waals surface area (Å²) in [6.07, 6.45) is 1.44.